The Morgan fingerprint density at radius 3 is 1.76 bits per heavy atom. The number of aromatic nitrogens is 2. The number of rotatable bonds is 6. The molecule has 37 heavy (non-hydrogen) atoms. The zero-order valence-electron chi connectivity index (χ0n) is 19.2. The van der Waals surface area contributed by atoms with Gasteiger partial charge in [-0.25, -0.2) is 0 Å². The Bertz CT molecular complexity index is 1340. The smallest absolute Gasteiger partial charge is 0.337 e. The van der Waals surface area contributed by atoms with Crippen LogP contribution in [0.3, 0.4) is 0 Å². The Morgan fingerprint density at radius 2 is 1.30 bits per heavy atom. The van der Waals surface area contributed by atoms with Gasteiger partial charge in [-0.15, -0.1) is 5.10 Å². The average Bonchev–Trinajstić information content (AvgIpc) is 3.29. The Morgan fingerprint density at radius 1 is 0.784 bits per heavy atom. The van der Waals surface area contributed by atoms with Gasteiger partial charge in [-0.2, -0.15) is 26.3 Å². The van der Waals surface area contributed by atoms with Gasteiger partial charge < -0.3 is 5.32 Å². The summed E-state index contributed by atoms with van der Waals surface area (Å²) in [6.07, 6.45) is -9.57. The second-order valence-electron chi connectivity index (χ2n) is 8.37. The number of hydrogen-bond donors (Lipinski definition) is 1. The van der Waals surface area contributed by atoms with E-state index in [1.54, 1.807) is 30.3 Å². The molecule has 4 nitrogen and oxygen atoms in total. The first-order chi connectivity index (χ1) is 17.4. The van der Waals surface area contributed by atoms with E-state index in [4.69, 9.17) is 0 Å². The summed E-state index contributed by atoms with van der Waals surface area (Å²) in [7, 11) is 0. The van der Waals surface area contributed by atoms with Crippen molar-refractivity contribution in [3.63, 3.8) is 0 Å². The summed E-state index contributed by atoms with van der Waals surface area (Å²) in [6.45, 7) is 1.53. The molecule has 1 heterocycles. The van der Waals surface area contributed by atoms with Gasteiger partial charge in [0.25, 0.3) is 5.91 Å². The van der Waals surface area contributed by atoms with E-state index in [2.05, 4.69) is 14.9 Å². The Kier molecular flexibility index (Phi) is 7.09. The number of carbonyl (C=O) groups excluding carboxylic acids is 1. The van der Waals surface area contributed by atoms with Crippen LogP contribution < -0.4 is 5.32 Å². The van der Waals surface area contributed by atoms with E-state index in [1.165, 1.54) is 19.1 Å². The first-order valence-corrected chi connectivity index (χ1v) is 11.7. The van der Waals surface area contributed by atoms with Crippen LogP contribution in [0.1, 0.15) is 43.2 Å². The molecule has 0 unspecified atom stereocenters. The lowest BCUT2D eigenvalue weighted by Crippen LogP contribution is -2.48. The van der Waals surface area contributed by atoms with E-state index in [9.17, 15) is 31.1 Å². The third kappa shape index (κ3) is 5.66. The van der Waals surface area contributed by atoms with Gasteiger partial charge in [0.15, 0.2) is 0 Å². The summed E-state index contributed by atoms with van der Waals surface area (Å²) in [6, 6.07) is 16.9. The number of carbonyl (C=O) groups is 1. The molecule has 0 bridgehead atoms. The molecule has 0 aliphatic rings. The number of hydrogen-bond acceptors (Lipinski definition) is 4. The third-order valence-corrected chi connectivity index (χ3v) is 6.69. The Hall–Kier alpha value is -3.73. The predicted molar refractivity (Wildman–Crippen MR) is 126 cm³/mol. The largest absolute Gasteiger partial charge is 0.416 e. The van der Waals surface area contributed by atoms with E-state index in [-0.39, 0.29) is 28.1 Å². The maximum Gasteiger partial charge on any atom is 0.416 e. The van der Waals surface area contributed by atoms with Gasteiger partial charge in [0.05, 0.1) is 22.4 Å². The zero-order chi connectivity index (χ0) is 26.8. The molecule has 0 saturated heterocycles. The van der Waals surface area contributed by atoms with Crippen molar-refractivity contribution in [1.82, 2.24) is 14.9 Å². The van der Waals surface area contributed by atoms with E-state index in [1.807, 2.05) is 0 Å². The summed E-state index contributed by atoms with van der Waals surface area (Å²) in [5.41, 5.74) is -3.01. The first kappa shape index (κ1) is 26.3. The SMILES string of the molecule is Cc1nnsc1C(=O)NC(Cc1ccccc1)(c1cccc(C(F)(F)F)c1)c1cccc(C(F)(F)F)c1. The quantitative estimate of drug-likeness (QED) is 0.276. The van der Waals surface area contributed by atoms with E-state index in [0.717, 1.165) is 47.9 Å². The molecule has 0 aliphatic carbocycles. The third-order valence-electron chi connectivity index (χ3n) is 5.86. The van der Waals surface area contributed by atoms with Crippen molar-refractivity contribution in [2.45, 2.75) is 31.2 Å². The van der Waals surface area contributed by atoms with E-state index in [0.29, 0.717) is 5.56 Å². The van der Waals surface area contributed by atoms with Gasteiger partial charge in [0, 0.05) is 6.42 Å². The zero-order valence-corrected chi connectivity index (χ0v) is 20.0. The molecule has 192 valence electrons. The van der Waals surface area contributed by atoms with Crippen LogP contribution in [0.15, 0.2) is 78.9 Å². The van der Waals surface area contributed by atoms with Crippen LogP contribution in [0.2, 0.25) is 0 Å². The van der Waals surface area contributed by atoms with Gasteiger partial charge in [-0.1, -0.05) is 59.1 Å². The van der Waals surface area contributed by atoms with Crippen LogP contribution in [0.25, 0.3) is 0 Å². The van der Waals surface area contributed by atoms with Crippen molar-refractivity contribution < 1.29 is 31.1 Å². The van der Waals surface area contributed by atoms with Crippen LogP contribution >= 0.6 is 11.5 Å². The van der Waals surface area contributed by atoms with Gasteiger partial charge >= 0.3 is 12.4 Å². The molecule has 1 amide bonds. The highest BCUT2D eigenvalue weighted by Gasteiger charge is 2.41. The van der Waals surface area contributed by atoms with Gasteiger partial charge in [-0.3, -0.25) is 4.79 Å². The minimum absolute atomic E-state index is 0.0334. The topological polar surface area (TPSA) is 54.9 Å². The number of benzene rings is 3. The van der Waals surface area contributed by atoms with E-state index < -0.39 is 34.9 Å². The van der Waals surface area contributed by atoms with Gasteiger partial charge in [0.2, 0.25) is 0 Å². The number of alkyl halides is 6. The molecule has 0 radical (unpaired) electrons. The fraction of sp³-hybridized carbons (Fsp3) is 0.192. The number of nitrogens with one attached hydrogen (secondary N) is 1. The Balaban J connectivity index is 2.01. The maximum atomic E-state index is 13.7. The van der Waals surface area contributed by atoms with Crippen molar-refractivity contribution in [1.29, 1.82) is 0 Å². The maximum absolute atomic E-state index is 13.7. The fourth-order valence-corrected chi connectivity index (χ4v) is 4.63. The molecule has 0 saturated carbocycles. The molecule has 1 N–H and O–H groups in total. The summed E-state index contributed by atoms with van der Waals surface area (Å²) < 4.78 is 85.9. The summed E-state index contributed by atoms with van der Waals surface area (Å²) in [5, 5.41) is 6.57. The molecule has 11 heteroatoms. The Labute approximate surface area is 212 Å². The fourth-order valence-electron chi connectivity index (χ4n) is 4.07. The van der Waals surface area contributed by atoms with Gasteiger partial charge in [0.1, 0.15) is 4.88 Å². The number of aryl methyl sites for hydroxylation is 1. The summed E-state index contributed by atoms with van der Waals surface area (Å²) >= 11 is 0.777. The second kappa shape index (κ2) is 9.97. The lowest BCUT2D eigenvalue weighted by molar-refractivity contribution is -0.138. The molecule has 1 aromatic heterocycles. The molecular weight excluding hydrogens is 516 g/mol. The summed E-state index contributed by atoms with van der Waals surface area (Å²) in [5.74, 6) is -0.724. The lowest BCUT2D eigenvalue weighted by atomic mass is 9.76. The molecule has 0 aliphatic heterocycles. The first-order valence-electron chi connectivity index (χ1n) is 10.9. The minimum Gasteiger partial charge on any atom is -0.337 e. The average molecular weight is 536 g/mol. The van der Waals surface area contributed by atoms with Crippen LogP contribution in [-0.4, -0.2) is 15.5 Å². The summed E-state index contributed by atoms with van der Waals surface area (Å²) in [4.78, 5) is 13.5. The van der Waals surface area contributed by atoms with Crippen molar-refractivity contribution in [2.75, 3.05) is 0 Å². The standard InChI is InChI=1S/C26H19F6N3OS/c1-16-22(37-35-34-16)23(36)33-24(15-17-7-3-2-4-8-17,18-9-5-11-20(13-18)25(27,28)29)19-10-6-12-21(14-19)26(30,31)32/h2-14H,15H2,1H3,(H,33,36). The van der Waals surface area contributed by atoms with Crippen LogP contribution in [0, 0.1) is 6.92 Å². The van der Waals surface area contributed by atoms with Crippen molar-refractivity contribution in [3.05, 3.63) is 117 Å². The molecular formula is C26H19F6N3OS. The highest BCUT2D eigenvalue weighted by atomic mass is 32.1. The monoisotopic (exact) mass is 535 g/mol. The predicted octanol–water partition coefficient (Wildman–Crippen LogP) is 6.80. The number of amides is 1. The number of nitrogens with zero attached hydrogens (tertiary/aromatic N) is 2. The van der Waals surface area contributed by atoms with Crippen molar-refractivity contribution in [3.8, 4) is 0 Å². The van der Waals surface area contributed by atoms with Crippen LogP contribution in [0.4, 0.5) is 26.3 Å². The van der Waals surface area contributed by atoms with Crippen molar-refractivity contribution in [2.24, 2.45) is 0 Å². The second-order valence-corrected chi connectivity index (χ2v) is 9.12. The molecule has 0 spiro atoms. The molecule has 3 aromatic carbocycles. The lowest BCUT2D eigenvalue weighted by Gasteiger charge is -2.37. The minimum atomic E-state index is -4.72. The highest BCUT2D eigenvalue weighted by Crippen LogP contribution is 2.40. The molecule has 0 atom stereocenters. The number of halogens is 6. The molecule has 4 aromatic rings. The van der Waals surface area contributed by atoms with Crippen LogP contribution in [-0.2, 0) is 24.3 Å². The van der Waals surface area contributed by atoms with E-state index >= 15 is 0 Å². The highest BCUT2D eigenvalue weighted by molar-refractivity contribution is 7.08. The molecule has 0 fully saturated rings. The van der Waals surface area contributed by atoms with Crippen LogP contribution in [0.5, 0.6) is 0 Å². The van der Waals surface area contributed by atoms with Crippen molar-refractivity contribution >= 4 is 17.4 Å². The normalized spacial score (nSPS) is 12.4. The molecule has 4 rings (SSSR count). The van der Waals surface area contributed by atoms with Gasteiger partial charge in [-0.05, 0) is 59.4 Å².